The number of alkyl halides is 3. The molecular formula is C19H14ClF3N2O3S. The van der Waals surface area contributed by atoms with Crippen LogP contribution in [0.5, 0.6) is 11.5 Å². The molecule has 0 fully saturated rings. The van der Waals surface area contributed by atoms with E-state index in [4.69, 9.17) is 21.1 Å². The van der Waals surface area contributed by atoms with Crippen LogP contribution in [-0.4, -0.2) is 25.1 Å². The fourth-order valence-electron chi connectivity index (χ4n) is 2.48. The predicted molar refractivity (Wildman–Crippen MR) is 105 cm³/mol. The van der Waals surface area contributed by atoms with Gasteiger partial charge in [-0.25, -0.2) is 4.98 Å². The quantitative estimate of drug-likeness (QED) is 0.546. The Morgan fingerprint density at radius 2 is 1.86 bits per heavy atom. The van der Waals surface area contributed by atoms with E-state index < -0.39 is 17.6 Å². The van der Waals surface area contributed by atoms with Gasteiger partial charge in [0.1, 0.15) is 22.2 Å². The lowest BCUT2D eigenvalue weighted by molar-refractivity contribution is -0.137. The smallest absolute Gasteiger partial charge is 0.416 e. The third-order valence-corrected chi connectivity index (χ3v) is 5.08. The molecule has 1 aromatic heterocycles. The molecule has 1 amide bonds. The zero-order valence-electron chi connectivity index (χ0n) is 15.1. The minimum atomic E-state index is -4.46. The minimum Gasteiger partial charge on any atom is -0.495 e. The molecule has 0 saturated carbocycles. The molecule has 3 aromatic rings. The van der Waals surface area contributed by atoms with Crippen LogP contribution in [0.15, 0.2) is 41.8 Å². The average molecular weight is 443 g/mol. The van der Waals surface area contributed by atoms with E-state index in [0.29, 0.717) is 22.2 Å². The molecule has 152 valence electrons. The number of ether oxygens (including phenoxy) is 2. The molecule has 0 aliphatic rings. The van der Waals surface area contributed by atoms with Crippen molar-refractivity contribution in [3.8, 4) is 22.1 Å². The van der Waals surface area contributed by atoms with Crippen molar-refractivity contribution in [2.45, 2.75) is 6.18 Å². The summed E-state index contributed by atoms with van der Waals surface area (Å²) in [7, 11) is 2.87. The number of methoxy groups -OCH3 is 2. The van der Waals surface area contributed by atoms with Crippen molar-refractivity contribution in [2.75, 3.05) is 19.5 Å². The maximum absolute atomic E-state index is 12.9. The number of nitrogens with zero attached hydrogens (tertiary/aromatic N) is 1. The third-order valence-electron chi connectivity index (χ3n) is 3.90. The average Bonchev–Trinajstić information content (AvgIpc) is 3.18. The van der Waals surface area contributed by atoms with Crippen LogP contribution in [0, 0.1) is 0 Å². The van der Waals surface area contributed by atoms with Gasteiger partial charge in [0.2, 0.25) is 0 Å². The van der Waals surface area contributed by atoms with E-state index in [9.17, 15) is 18.0 Å². The number of halogens is 4. The van der Waals surface area contributed by atoms with Gasteiger partial charge in [0.05, 0.1) is 30.5 Å². The lowest BCUT2D eigenvalue weighted by Crippen LogP contribution is -2.13. The number of rotatable bonds is 5. The Hall–Kier alpha value is -2.78. The highest BCUT2D eigenvalue weighted by molar-refractivity contribution is 7.13. The molecule has 0 radical (unpaired) electrons. The topological polar surface area (TPSA) is 60.5 Å². The van der Waals surface area contributed by atoms with Gasteiger partial charge in [0.15, 0.2) is 0 Å². The first-order chi connectivity index (χ1) is 13.7. The second kappa shape index (κ2) is 8.30. The number of benzene rings is 2. The van der Waals surface area contributed by atoms with Gasteiger partial charge in [-0.1, -0.05) is 23.7 Å². The van der Waals surface area contributed by atoms with Gasteiger partial charge >= 0.3 is 6.18 Å². The second-order valence-corrected chi connectivity index (χ2v) is 7.02. The molecule has 0 saturated heterocycles. The highest BCUT2D eigenvalue weighted by atomic mass is 35.5. The summed E-state index contributed by atoms with van der Waals surface area (Å²) in [6.07, 6.45) is -4.46. The van der Waals surface area contributed by atoms with Crippen molar-refractivity contribution in [3.05, 3.63) is 58.1 Å². The van der Waals surface area contributed by atoms with Crippen LogP contribution in [0.2, 0.25) is 5.02 Å². The monoisotopic (exact) mass is 442 g/mol. The molecule has 3 rings (SSSR count). The third kappa shape index (κ3) is 4.63. The summed E-state index contributed by atoms with van der Waals surface area (Å²) in [6.45, 7) is 0. The van der Waals surface area contributed by atoms with Crippen molar-refractivity contribution in [3.63, 3.8) is 0 Å². The maximum Gasteiger partial charge on any atom is 0.416 e. The van der Waals surface area contributed by atoms with Gasteiger partial charge in [0.25, 0.3) is 5.91 Å². The number of hydrogen-bond donors (Lipinski definition) is 1. The zero-order valence-corrected chi connectivity index (χ0v) is 16.7. The Morgan fingerprint density at radius 3 is 2.52 bits per heavy atom. The first kappa shape index (κ1) is 20.9. The Bertz CT molecular complexity index is 1050. The molecule has 10 heteroatoms. The number of hydrogen-bond acceptors (Lipinski definition) is 5. The fraction of sp³-hybridized carbons (Fsp3) is 0.158. The van der Waals surface area contributed by atoms with Crippen molar-refractivity contribution in [2.24, 2.45) is 0 Å². The molecule has 5 nitrogen and oxygen atoms in total. The van der Waals surface area contributed by atoms with Gasteiger partial charge in [0, 0.05) is 17.0 Å². The molecule has 2 aromatic carbocycles. The minimum absolute atomic E-state index is 0.0522. The van der Waals surface area contributed by atoms with Crippen LogP contribution >= 0.6 is 22.9 Å². The molecule has 0 spiro atoms. The first-order valence-corrected chi connectivity index (χ1v) is 9.34. The molecule has 0 bridgehead atoms. The number of carbonyl (C=O) groups is 1. The number of anilines is 1. The van der Waals surface area contributed by atoms with E-state index in [2.05, 4.69) is 10.3 Å². The SMILES string of the molecule is COc1cc(OC)c(NC(=O)c2csc(-c3cccc(C(F)(F)F)c3)n2)cc1Cl. The Labute approximate surface area is 173 Å². The van der Waals surface area contributed by atoms with Gasteiger partial charge in [-0.15, -0.1) is 11.3 Å². The Balaban J connectivity index is 1.85. The van der Waals surface area contributed by atoms with Crippen molar-refractivity contribution in [1.29, 1.82) is 0 Å². The van der Waals surface area contributed by atoms with Gasteiger partial charge in [-0.3, -0.25) is 4.79 Å². The Morgan fingerprint density at radius 1 is 1.14 bits per heavy atom. The van der Waals surface area contributed by atoms with E-state index in [1.165, 1.54) is 43.9 Å². The molecule has 1 N–H and O–H groups in total. The van der Waals surface area contributed by atoms with Crippen LogP contribution in [0.3, 0.4) is 0 Å². The fourth-order valence-corrected chi connectivity index (χ4v) is 3.52. The van der Waals surface area contributed by atoms with E-state index in [-0.39, 0.29) is 16.3 Å². The molecule has 1 heterocycles. The summed E-state index contributed by atoms with van der Waals surface area (Å²) >= 11 is 7.15. The predicted octanol–water partition coefficient (Wildman–Crippen LogP) is 5.75. The number of aromatic nitrogens is 1. The van der Waals surface area contributed by atoms with Crippen molar-refractivity contribution in [1.82, 2.24) is 4.98 Å². The highest BCUT2D eigenvalue weighted by Crippen LogP contribution is 2.36. The summed E-state index contributed by atoms with van der Waals surface area (Å²) < 4.78 is 49.0. The summed E-state index contributed by atoms with van der Waals surface area (Å²) in [5.74, 6) is 0.147. The number of nitrogens with one attached hydrogen (secondary N) is 1. The number of thiazole rings is 1. The highest BCUT2D eigenvalue weighted by Gasteiger charge is 2.30. The van der Waals surface area contributed by atoms with Crippen LogP contribution in [-0.2, 0) is 6.18 Å². The lowest BCUT2D eigenvalue weighted by Gasteiger charge is -2.12. The van der Waals surface area contributed by atoms with Crippen molar-refractivity contribution >= 4 is 34.5 Å². The van der Waals surface area contributed by atoms with Crippen LogP contribution in [0.1, 0.15) is 16.1 Å². The molecular weight excluding hydrogens is 429 g/mol. The van der Waals surface area contributed by atoms with E-state index in [0.717, 1.165) is 23.5 Å². The van der Waals surface area contributed by atoms with Gasteiger partial charge in [-0.2, -0.15) is 13.2 Å². The molecule has 0 aliphatic heterocycles. The summed E-state index contributed by atoms with van der Waals surface area (Å²) in [4.78, 5) is 16.7. The summed E-state index contributed by atoms with van der Waals surface area (Å²) in [6, 6.07) is 7.76. The lowest BCUT2D eigenvalue weighted by atomic mass is 10.1. The molecule has 0 atom stereocenters. The summed E-state index contributed by atoms with van der Waals surface area (Å²) in [5.41, 5.74) is -0.156. The van der Waals surface area contributed by atoms with Crippen LogP contribution in [0.25, 0.3) is 10.6 Å². The molecule has 0 aliphatic carbocycles. The molecule has 29 heavy (non-hydrogen) atoms. The van der Waals surface area contributed by atoms with Crippen LogP contribution in [0.4, 0.5) is 18.9 Å². The number of carbonyl (C=O) groups excluding carboxylic acids is 1. The van der Waals surface area contributed by atoms with Gasteiger partial charge < -0.3 is 14.8 Å². The maximum atomic E-state index is 12.9. The normalized spacial score (nSPS) is 11.2. The van der Waals surface area contributed by atoms with Gasteiger partial charge in [-0.05, 0) is 18.2 Å². The zero-order chi connectivity index (χ0) is 21.2. The van der Waals surface area contributed by atoms with E-state index >= 15 is 0 Å². The summed E-state index contributed by atoms with van der Waals surface area (Å²) in [5, 5.41) is 4.65. The number of amides is 1. The van der Waals surface area contributed by atoms with Crippen molar-refractivity contribution < 1.29 is 27.4 Å². The van der Waals surface area contributed by atoms with E-state index in [1.807, 2.05) is 0 Å². The Kier molecular flexibility index (Phi) is 5.99. The molecule has 0 unspecified atom stereocenters. The standard InChI is InChI=1S/C19H14ClF3N2O3S/c1-27-15-8-16(28-2)13(7-12(15)20)24-17(26)14-9-29-18(25-14)10-4-3-5-11(6-10)19(21,22)23/h3-9H,1-2H3,(H,24,26). The first-order valence-electron chi connectivity index (χ1n) is 8.09. The van der Waals surface area contributed by atoms with E-state index in [1.54, 1.807) is 0 Å². The largest absolute Gasteiger partial charge is 0.495 e. The van der Waals surface area contributed by atoms with Crippen LogP contribution < -0.4 is 14.8 Å². The second-order valence-electron chi connectivity index (χ2n) is 5.76.